The summed E-state index contributed by atoms with van der Waals surface area (Å²) in [5, 5.41) is 3.56. The van der Waals surface area contributed by atoms with E-state index in [1.807, 2.05) is 0 Å². The maximum atomic E-state index is 12.8. The molecule has 0 spiro atoms. The summed E-state index contributed by atoms with van der Waals surface area (Å²) in [7, 11) is 0. The van der Waals surface area contributed by atoms with Gasteiger partial charge in [0.25, 0.3) is 0 Å². The van der Waals surface area contributed by atoms with Crippen molar-refractivity contribution in [3.8, 4) is 0 Å². The van der Waals surface area contributed by atoms with Crippen molar-refractivity contribution in [2.75, 3.05) is 0 Å². The van der Waals surface area contributed by atoms with Crippen molar-refractivity contribution < 1.29 is 23.2 Å². The summed E-state index contributed by atoms with van der Waals surface area (Å²) in [5.74, 6) is -1.70. The Labute approximate surface area is 114 Å². The Morgan fingerprint density at radius 3 is 2.50 bits per heavy atom. The molecule has 0 bridgehead atoms. The molecule has 0 amide bonds. The molecule has 2 aromatic rings. The number of hydrogen-bond acceptors (Lipinski definition) is 5. The number of carbonyl (C=O) groups is 2. The Morgan fingerprint density at radius 1 is 1.30 bits per heavy atom. The van der Waals surface area contributed by atoms with E-state index in [0.29, 0.717) is 5.69 Å². The lowest BCUT2D eigenvalue weighted by Gasteiger charge is -2.10. The van der Waals surface area contributed by atoms with Crippen LogP contribution in [0, 0.1) is 12.7 Å². The molecule has 0 fully saturated rings. The average molecular weight is 277 g/mol. The van der Waals surface area contributed by atoms with E-state index in [1.165, 1.54) is 37.3 Å². The Morgan fingerprint density at radius 2 is 1.95 bits per heavy atom. The van der Waals surface area contributed by atoms with Crippen LogP contribution < -0.4 is 0 Å². The minimum Gasteiger partial charge on any atom is -0.448 e. The highest BCUT2D eigenvalue weighted by Crippen LogP contribution is 2.11. The number of rotatable bonds is 4. The summed E-state index contributed by atoms with van der Waals surface area (Å²) in [6.07, 6.45) is -1.00. The van der Waals surface area contributed by atoms with Gasteiger partial charge >= 0.3 is 5.97 Å². The molecule has 5 nitrogen and oxygen atoms in total. The summed E-state index contributed by atoms with van der Waals surface area (Å²) < 4.78 is 22.5. The van der Waals surface area contributed by atoms with Crippen LogP contribution in [0.2, 0.25) is 0 Å². The molecule has 0 saturated heterocycles. The Bertz CT molecular complexity index is 633. The normalized spacial score (nSPS) is 11.9. The number of halogens is 1. The van der Waals surface area contributed by atoms with Crippen molar-refractivity contribution in [3.63, 3.8) is 0 Å². The van der Waals surface area contributed by atoms with Crippen molar-refractivity contribution in [1.82, 2.24) is 5.16 Å². The lowest BCUT2D eigenvalue weighted by Crippen LogP contribution is -2.24. The first-order chi connectivity index (χ1) is 9.47. The zero-order chi connectivity index (χ0) is 14.7. The fourth-order valence-corrected chi connectivity index (χ4v) is 1.58. The lowest BCUT2D eigenvalue weighted by molar-refractivity contribution is 0.0281. The zero-order valence-corrected chi connectivity index (χ0v) is 10.9. The molecule has 1 heterocycles. The third-order valence-corrected chi connectivity index (χ3v) is 2.61. The first-order valence-corrected chi connectivity index (χ1v) is 5.91. The second kappa shape index (κ2) is 5.64. The molecule has 1 aromatic heterocycles. The SMILES string of the molecule is Cc1cc(C(=O)O[C@H](C)C(=O)c2ccc(F)cc2)on1. The molecular weight excluding hydrogens is 265 g/mol. The molecule has 1 atom stereocenters. The number of ketones is 1. The minimum absolute atomic E-state index is 0.0683. The second-order valence-electron chi connectivity index (χ2n) is 4.25. The molecule has 0 unspecified atom stereocenters. The van der Waals surface area contributed by atoms with Crippen molar-refractivity contribution in [2.45, 2.75) is 20.0 Å². The fourth-order valence-electron chi connectivity index (χ4n) is 1.58. The van der Waals surface area contributed by atoms with Gasteiger partial charge in [-0.25, -0.2) is 9.18 Å². The van der Waals surface area contributed by atoms with Gasteiger partial charge in [0.1, 0.15) is 5.82 Å². The van der Waals surface area contributed by atoms with E-state index in [9.17, 15) is 14.0 Å². The molecule has 1 aromatic carbocycles. The van der Waals surface area contributed by atoms with E-state index >= 15 is 0 Å². The number of carbonyl (C=O) groups excluding carboxylic acids is 2. The van der Waals surface area contributed by atoms with Crippen LogP contribution in [0.25, 0.3) is 0 Å². The van der Waals surface area contributed by atoms with E-state index < -0.39 is 23.7 Å². The molecule has 104 valence electrons. The molecule has 0 aliphatic heterocycles. The molecule has 0 aliphatic rings. The topological polar surface area (TPSA) is 69.4 Å². The second-order valence-corrected chi connectivity index (χ2v) is 4.25. The van der Waals surface area contributed by atoms with E-state index in [0.717, 1.165) is 0 Å². The standard InChI is InChI=1S/C14H12FNO4/c1-8-7-12(20-16-8)14(18)19-9(2)13(17)10-3-5-11(15)6-4-10/h3-7,9H,1-2H3/t9-/m1/s1. The maximum Gasteiger partial charge on any atom is 0.377 e. The van der Waals surface area contributed by atoms with Crippen molar-refractivity contribution in [1.29, 1.82) is 0 Å². The zero-order valence-electron chi connectivity index (χ0n) is 10.9. The number of hydrogen-bond donors (Lipinski definition) is 0. The molecule has 0 aliphatic carbocycles. The number of ether oxygens (including phenoxy) is 1. The van der Waals surface area contributed by atoms with Gasteiger partial charge in [-0.05, 0) is 38.1 Å². The van der Waals surface area contributed by atoms with Crippen LogP contribution in [0.15, 0.2) is 34.9 Å². The highest BCUT2D eigenvalue weighted by atomic mass is 19.1. The summed E-state index contributed by atoms with van der Waals surface area (Å²) in [4.78, 5) is 23.7. The Balaban J connectivity index is 2.04. The summed E-state index contributed by atoms with van der Waals surface area (Å²) in [5.41, 5.74) is 0.801. The molecule has 20 heavy (non-hydrogen) atoms. The number of aryl methyl sites for hydroxylation is 1. The van der Waals surface area contributed by atoms with E-state index in [2.05, 4.69) is 5.16 Å². The summed E-state index contributed by atoms with van der Waals surface area (Å²) >= 11 is 0. The lowest BCUT2D eigenvalue weighted by atomic mass is 10.1. The Kier molecular flexibility index (Phi) is 3.93. The third kappa shape index (κ3) is 3.09. The smallest absolute Gasteiger partial charge is 0.377 e. The molecule has 2 rings (SSSR count). The third-order valence-electron chi connectivity index (χ3n) is 2.61. The van der Waals surface area contributed by atoms with Crippen molar-refractivity contribution in [3.05, 3.63) is 53.2 Å². The summed E-state index contributed by atoms with van der Waals surface area (Å²) in [6, 6.07) is 6.42. The van der Waals surface area contributed by atoms with E-state index in [-0.39, 0.29) is 11.3 Å². The first-order valence-electron chi connectivity index (χ1n) is 5.91. The summed E-state index contributed by atoms with van der Waals surface area (Å²) in [6.45, 7) is 3.10. The van der Waals surface area contributed by atoms with Crippen LogP contribution in [-0.2, 0) is 4.74 Å². The number of aromatic nitrogens is 1. The quantitative estimate of drug-likeness (QED) is 0.634. The molecule has 0 saturated carbocycles. The van der Waals surface area contributed by atoms with Crippen LogP contribution in [0.3, 0.4) is 0 Å². The number of esters is 1. The van der Waals surface area contributed by atoms with Gasteiger partial charge in [0.15, 0.2) is 6.10 Å². The molecular formula is C14H12FNO4. The van der Waals surface area contributed by atoms with Crippen LogP contribution in [0.4, 0.5) is 4.39 Å². The minimum atomic E-state index is -1.00. The highest BCUT2D eigenvalue weighted by Gasteiger charge is 2.22. The van der Waals surface area contributed by atoms with Gasteiger partial charge in [-0.15, -0.1) is 0 Å². The van der Waals surface area contributed by atoms with Crippen LogP contribution in [0.5, 0.6) is 0 Å². The largest absolute Gasteiger partial charge is 0.448 e. The first kappa shape index (κ1) is 13.9. The van der Waals surface area contributed by atoms with Gasteiger partial charge in [-0.3, -0.25) is 4.79 Å². The molecule has 6 heteroatoms. The number of nitrogens with zero attached hydrogens (tertiary/aromatic N) is 1. The van der Waals surface area contributed by atoms with Gasteiger partial charge < -0.3 is 9.26 Å². The maximum absolute atomic E-state index is 12.8. The fraction of sp³-hybridized carbons (Fsp3) is 0.214. The van der Waals surface area contributed by atoms with Crippen molar-refractivity contribution >= 4 is 11.8 Å². The predicted octanol–water partition coefficient (Wildman–Crippen LogP) is 2.55. The van der Waals surface area contributed by atoms with Gasteiger partial charge in [0.2, 0.25) is 11.5 Å². The van der Waals surface area contributed by atoms with Crippen LogP contribution in [-0.4, -0.2) is 23.0 Å². The monoisotopic (exact) mass is 277 g/mol. The van der Waals surface area contributed by atoms with Crippen LogP contribution >= 0.6 is 0 Å². The average Bonchev–Trinajstić information content (AvgIpc) is 2.85. The highest BCUT2D eigenvalue weighted by molar-refractivity contribution is 6.01. The van der Waals surface area contributed by atoms with Crippen molar-refractivity contribution in [2.24, 2.45) is 0 Å². The van der Waals surface area contributed by atoms with Crippen LogP contribution in [0.1, 0.15) is 33.5 Å². The van der Waals surface area contributed by atoms with Gasteiger partial charge in [-0.2, -0.15) is 0 Å². The van der Waals surface area contributed by atoms with Gasteiger partial charge in [0, 0.05) is 11.6 Å². The van der Waals surface area contributed by atoms with Gasteiger partial charge in [-0.1, -0.05) is 5.16 Å². The number of Topliss-reactive ketones (excluding diaryl/α,β-unsaturated/α-hetero) is 1. The van der Waals surface area contributed by atoms with Gasteiger partial charge in [0.05, 0.1) is 5.69 Å². The number of benzene rings is 1. The predicted molar refractivity (Wildman–Crippen MR) is 66.8 cm³/mol. The van der Waals surface area contributed by atoms with E-state index in [1.54, 1.807) is 6.92 Å². The Hall–Kier alpha value is -2.50. The molecule has 0 radical (unpaired) electrons. The van der Waals surface area contributed by atoms with E-state index in [4.69, 9.17) is 9.26 Å². The molecule has 0 N–H and O–H groups in total.